The lowest BCUT2D eigenvalue weighted by atomic mass is 10.1. The first-order valence-electron chi connectivity index (χ1n) is 11.0. The van der Waals surface area contributed by atoms with Gasteiger partial charge in [0.25, 0.3) is 0 Å². The van der Waals surface area contributed by atoms with Crippen LogP contribution in [0.2, 0.25) is 0 Å². The molecule has 1 aliphatic rings. The largest absolute Gasteiger partial charge is 0.497 e. The van der Waals surface area contributed by atoms with Gasteiger partial charge >= 0.3 is 0 Å². The third kappa shape index (κ3) is 3.64. The Morgan fingerprint density at radius 1 is 1.19 bits per heavy atom. The number of imidazole rings is 1. The first-order chi connectivity index (χ1) is 15.6. The van der Waals surface area contributed by atoms with E-state index in [2.05, 4.69) is 27.8 Å². The molecule has 32 heavy (non-hydrogen) atoms. The number of amides is 1. The number of carbonyl (C=O) groups excluding carboxylic acids is 1. The molecule has 0 spiro atoms. The summed E-state index contributed by atoms with van der Waals surface area (Å²) in [5, 5.41) is 1.03. The van der Waals surface area contributed by atoms with Gasteiger partial charge in [-0.1, -0.05) is 24.3 Å². The number of ether oxygens (including phenoxy) is 1. The average molecular weight is 430 g/mol. The molecule has 4 aromatic rings. The number of anilines is 1. The van der Waals surface area contributed by atoms with Crippen molar-refractivity contribution in [2.75, 3.05) is 19.4 Å². The van der Waals surface area contributed by atoms with Crippen LogP contribution in [0.15, 0.2) is 42.5 Å². The molecule has 2 aromatic carbocycles. The summed E-state index contributed by atoms with van der Waals surface area (Å²) in [6, 6.07) is 14.5. The van der Waals surface area contributed by atoms with Crippen LogP contribution in [0.25, 0.3) is 21.9 Å². The highest BCUT2D eigenvalue weighted by molar-refractivity contribution is 6.06. The van der Waals surface area contributed by atoms with Gasteiger partial charge in [0.15, 0.2) is 5.82 Å². The maximum Gasteiger partial charge on any atom is 0.210 e. The summed E-state index contributed by atoms with van der Waals surface area (Å²) in [5.41, 5.74) is 11.4. The molecule has 0 atom stereocenters. The van der Waals surface area contributed by atoms with Crippen molar-refractivity contribution in [1.29, 1.82) is 0 Å². The highest BCUT2D eigenvalue weighted by Gasteiger charge is 2.25. The maximum atomic E-state index is 11.5. The normalized spacial score (nSPS) is 13.6. The second-order valence-corrected chi connectivity index (χ2v) is 8.38. The molecule has 7 nitrogen and oxygen atoms in total. The zero-order valence-electron chi connectivity index (χ0n) is 18.4. The Kier molecular flexibility index (Phi) is 5.17. The van der Waals surface area contributed by atoms with Crippen molar-refractivity contribution in [2.24, 2.45) is 0 Å². The van der Waals surface area contributed by atoms with Crippen LogP contribution < -0.4 is 10.5 Å². The molecule has 2 heterocycles. The fourth-order valence-electron chi connectivity index (χ4n) is 4.26. The van der Waals surface area contributed by atoms with Crippen LogP contribution in [0.3, 0.4) is 0 Å². The molecule has 0 aliphatic heterocycles. The quantitative estimate of drug-likeness (QED) is 0.427. The first-order valence-corrected chi connectivity index (χ1v) is 11.0. The first kappa shape index (κ1) is 20.3. The summed E-state index contributed by atoms with van der Waals surface area (Å²) in [6.45, 7) is 3.57. The predicted molar refractivity (Wildman–Crippen MR) is 126 cm³/mol. The zero-order valence-corrected chi connectivity index (χ0v) is 18.4. The van der Waals surface area contributed by atoms with Crippen LogP contribution in [0.1, 0.15) is 42.6 Å². The third-order valence-corrected chi connectivity index (χ3v) is 6.26. The van der Waals surface area contributed by atoms with E-state index in [1.165, 1.54) is 18.4 Å². The Hall–Kier alpha value is -3.61. The average Bonchev–Trinajstić information content (AvgIpc) is 3.61. The van der Waals surface area contributed by atoms with E-state index in [1.54, 1.807) is 12.0 Å². The van der Waals surface area contributed by atoms with E-state index < -0.39 is 0 Å². The second kappa shape index (κ2) is 8.15. The Morgan fingerprint density at radius 2 is 1.97 bits per heavy atom. The highest BCUT2D eigenvalue weighted by Crippen LogP contribution is 2.41. The SMILES string of the molecule is CCN(C=O)Cc1nc2c(N)nc3cc(C4CC4)ccc3c2n1Cc1ccc(OC)cc1. The van der Waals surface area contributed by atoms with Gasteiger partial charge in [0.2, 0.25) is 6.41 Å². The van der Waals surface area contributed by atoms with Crippen LogP contribution >= 0.6 is 0 Å². The Morgan fingerprint density at radius 3 is 2.62 bits per heavy atom. The number of nitrogen functional groups attached to an aromatic ring is 1. The zero-order chi connectivity index (χ0) is 22.2. The van der Waals surface area contributed by atoms with E-state index in [4.69, 9.17) is 15.5 Å². The topological polar surface area (TPSA) is 86.3 Å². The van der Waals surface area contributed by atoms with Crippen molar-refractivity contribution in [3.63, 3.8) is 0 Å². The van der Waals surface area contributed by atoms with Gasteiger partial charge in [-0.2, -0.15) is 0 Å². The highest BCUT2D eigenvalue weighted by atomic mass is 16.5. The molecule has 1 fully saturated rings. The molecule has 1 saturated carbocycles. The molecule has 1 amide bonds. The lowest BCUT2D eigenvalue weighted by molar-refractivity contribution is -0.118. The monoisotopic (exact) mass is 429 g/mol. The maximum absolute atomic E-state index is 11.5. The summed E-state index contributed by atoms with van der Waals surface area (Å²) in [4.78, 5) is 22.7. The summed E-state index contributed by atoms with van der Waals surface area (Å²) in [5.74, 6) is 2.67. The fourth-order valence-corrected chi connectivity index (χ4v) is 4.26. The smallest absolute Gasteiger partial charge is 0.210 e. The molecular weight excluding hydrogens is 402 g/mol. The molecular formula is C25H27N5O2. The van der Waals surface area contributed by atoms with Gasteiger partial charge in [-0.25, -0.2) is 9.97 Å². The van der Waals surface area contributed by atoms with Crippen molar-refractivity contribution in [3.8, 4) is 5.75 Å². The number of aromatic nitrogens is 3. The van der Waals surface area contributed by atoms with Gasteiger partial charge in [-0.3, -0.25) is 4.79 Å². The summed E-state index contributed by atoms with van der Waals surface area (Å²) >= 11 is 0. The molecule has 0 radical (unpaired) electrons. The van der Waals surface area contributed by atoms with E-state index in [1.807, 2.05) is 31.2 Å². The molecule has 7 heteroatoms. The number of methoxy groups -OCH3 is 1. The van der Waals surface area contributed by atoms with E-state index in [0.717, 1.165) is 40.0 Å². The van der Waals surface area contributed by atoms with Gasteiger partial charge in [-0.15, -0.1) is 0 Å². The number of pyridine rings is 1. The Labute approximate surface area is 186 Å². The minimum atomic E-state index is 0.409. The standard InChI is InChI=1S/C25H27N5O2/c1-3-29(15-31)14-22-28-23-24(30(22)13-16-4-9-19(32-2)10-5-16)20-11-8-18(17-6-7-17)12-21(20)27-25(23)26/h4-5,8-12,15,17H,3,6-7,13-14H2,1-2H3,(H2,26,27). The van der Waals surface area contributed by atoms with Crippen LogP contribution in [0, 0.1) is 0 Å². The number of fused-ring (bicyclic) bond motifs is 3. The predicted octanol–water partition coefficient (Wildman–Crippen LogP) is 4.08. The number of nitrogens with two attached hydrogens (primary N) is 1. The summed E-state index contributed by atoms with van der Waals surface area (Å²) < 4.78 is 7.47. The van der Waals surface area contributed by atoms with Crippen LogP contribution in [0.5, 0.6) is 5.75 Å². The lowest BCUT2D eigenvalue weighted by Gasteiger charge is -2.16. The van der Waals surface area contributed by atoms with Crippen molar-refractivity contribution >= 4 is 34.2 Å². The molecule has 0 saturated heterocycles. The van der Waals surface area contributed by atoms with E-state index in [-0.39, 0.29) is 0 Å². The van der Waals surface area contributed by atoms with E-state index in [9.17, 15) is 4.79 Å². The van der Waals surface area contributed by atoms with E-state index >= 15 is 0 Å². The molecule has 0 unspecified atom stereocenters. The molecule has 2 aromatic heterocycles. The molecule has 0 bridgehead atoms. The van der Waals surface area contributed by atoms with Crippen molar-refractivity contribution in [2.45, 2.75) is 38.8 Å². The fraction of sp³-hybridized carbons (Fsp3) is 0.320. The molecule has 5 rings (SSSR count). The Bertz CT molecular complexity index is 1290. The summed E-state index contributed by atoms with van der Waals surface area (Å²) in [6.07, 6.45) is 3.33. The van der Waals surface area contributed by atoms with Gasteiger partial charge in [-0.05, 0) is 55.0 Å². The van der Waals surface area contributed by atoms with E-state index in [0.29, 0.717) is 36.9 Å². The number of carbonyl (C=O) groups is 1. The molecule has 164 valence electrons. The van der Waals surface area contributed by atoms with Crippen LogP contribution in [0.4, 0.5) is 5.82 Å². The van der Waals surface area contributed by atoms with Gasteiger partial charge in [0, 0.05) is 18.5 Å². The number of hydrogen-bond acceptors (Lipinski definition) is 5. The van der Waals surface area contributed by atoms with Crippen molar-refractivity contribution in [1.82, 2.24) is 19.4 Å². The van der Waals surface area contributed by atoms with Crippen LogP contribution in [-0.4, -0.2) is 39.5 Å². The number of benzene rings is 2. The van der Waals surface area contributed by atoms with Gasteiger partial charge in [0.05, 0.1) is 24.7 Å². The van der Waals surface area contributed by atoms with Crippen LogP contribution in [-0.2, 0) is 17.9 Å². The number of hydrogen-bond donors (Lipinski definition) is 1. The minimum Gasteiger partial charge on any atom is -0.497 e. The van der Waals surface area contributed by atoms with Crippen molar-refractivity contribution in [3.05, 3.63) is 59.4 Å². The summed E-state index contributed by atoms with van der Waals surface area (Å²) in [7, 11) is 1.66. The lowest BCUT2D eigenvalue weighted by Crippen LogP contribution is -2.23. The van der Waals surface area contributed by atoms with Gasteiger partial charge in [0.1, 0.15) is 17.1 Å². The van der Waals surface area contributed by atoms with Crippen molar-refractivity contribution < 1.29 is 9.53 Å². The molecule has 1 aliphatic carbocycles. The number of nitrogens with zero attached hydrogens (tertiary/aromatic N) is 4. The number of rotatable bonds is 8. The second-order valence-electron chi connectivity index (χ2n) is 8.38. The third-order valence-electron chi connectivity index (χ3n) is 6.26. The molecule has 2 N–H and O–H groups in total. The van der Waals surface area contributed by atoms with Gasteiger partial charge < -0.3 is 19.9 Å². The minimum absolute atomic E-state index is 0.409. The Balaban J connectivity index is 1.69.